The molecular formula is C12H17NO. The molecule has 0 heterocycles. The van der Waals surface area contributed by atoms with Gasteiger partial charge in [0.1, 0.15) is 0 Å². The molecule has 1 aromatic rings. The van der Waals surface area contributed by atoms with Gasteiger partial charge in [-0.1, -0.05) is 30.3 Å². The van der Waals surface area contributed by atoms with Crippen LogP contribution in [0.1, 0.15) is 18.4 Å². The molecule has 0 saturated heterocycles. The van der Waals surface area contributed by atoms with E-state index in [1.165, 1.54) is 0 Å². The van der Waals surface area contributed by atoms with Gasteiger partial charge in [-0.2, -0.15) is 0 Å². The number of ether oxygens (including phenoxy) is 1. The van der Waals surface area contributed by atoms with E-state index in [9.17, 15) is 0 Å². The summed E-state index contributed by atoms with van der Waals surface area (Å²) in [5, 5.41) is 0. The number of hydrogen-bond donors (Lipinski definition) is 1. The Hall–Kier alpha value is -1.28. The van der Waals surface area contributed by atoms with Crippen molar-refractivity contribution in [2.75, 3.05) is 13.2 Å². The maximum atomic E-state index is 5.36. The zero-order chi connectivity index (χ0) is 10.1. The lowest BCUT2D eigenvalue weighted by atomic mass is 10.2. The highest BCUT2D eigenvalue weighted by Crippen LogP contribution is 2.01. The summed E-state index contributed by atoms with van der Waals surface area (Å²) in [6.07, 6.45) is 5.75. The average molecular weight is 191 g/mol. The largest absolute Gasteiger partial charge is 0.501 e. The first-order valence-corrected chi connectivity index (χ1v) is 4.97. The standard InChI is InChI=1S/C12H17NO/c13-9-4-5-10-14-11-8-12-6-2-1-3-7-12/h1-3,6-8,11H,4-5,9-10,13H2. The van der Waals surface area contributed by atoms with Crippen molar-refractivity contribution in [3.8, 4) is 0 Å². The Bertz CT molecular complexity index is 256. The van der Waals surface area contributed by atoms with Gasteiger partial charge in [0.25, 0.3) is 0 Å². The van der Waals surface area contributed by atoms with E-state index in [4.69, 9.17) is 10.5 Å². The Labute approximate surface area is 85.4 Å². The molecule has 0 aliphatic heterocycles. The summed E-state index contributed by atoms with van der Waals surface area (Å²) in [5.74, 6) is 0. The second kappa shape index (κ2) is 7.15. The second-order valence-electron chi connectivity index (χ2n) is 3.08. The lowest BCUT2D eigenvalue weighted by Gasteiger charge is -1.98. The summed E-state index contributed by atoms with van der Waals surface area (Å²) < 4.78 is 5.30. The number of unbranched alkanes of at least 4 members (excludes halogenated alkanes) is 1. The molecule has 0 spiro atoms. The minimum absolute atomic E-state index is 0.742. The van der Waals surface area contributed by atoms with Gasteiger partial charge in [-0.15, -0.1) is 0 Å². The lowest BCUT2D eigenvalue weighted by Crippen LogP contribution is -1.99. The second-order valence-corrected chi connectivity index (χ2v) is 3.08. The zero-order valence-corrected chi connectivity index (χ0v) is 8.36. The van der Waals surface area contributed by atoms with E-state index in [2.05, 4.69) is 0 Å². The molecule has 76 valence electrons. The van der Waals surface area contributed by atoms with Crippen LogP contribution in [0, 0.1) is 0 Å². The molecule has 0 atom stereocenters. The Morgan fingerprint density at radius 1 is 1.14 bits per heavy atom. The van der Waals surface area contributed by atoms with Gasteiger partial charge in [0.15, 0.2) is 0 Å². The monoisotopic (exact) mass is 191 g/mol. The van der Waals surface area contributed by atoms with E-state index in [0.717, 1.165) is 31.6 Å². The Morgan fingerprint density at radius 3 is 2.64 bits per heavy atom. The fourth-order valence-electron chi connectivity index (χ4n) is 1.09. The molecule has 2 heteroatoms. The van der Waals surface area contributed by atoms with Gasteiger partial charge < -0.3 is 10.5 Å². The molecule has 2 N–H and O–H groups in total. The average Bonchev–Trinajstić information content (AvgIpc) is 2.25. The van der Waals surface area contributed by atoms with Crippen molar-refractivity contribution in [1.29, 1.82) is 0 Å². The summed E-state index contributed by atoms with van der Waals surface area (Å²) >= 11 is 0. The fourth-order valence-corrected chi connectivity index (χ4v) is 1.09. The van der Waals surface area contributed by atoms with E-state index in [1.54, 1.807) is 6.26 Å². The Balaban J connectivity index is 2.15. The van der Waals surface area contributed by atoms with Crippen LogP contribution in [0.5, 0.6) is 0 Å². The molecule has 0 bridgehead atoms. The molecule has 0 saturated carbocycles. The van der Waals surface area contributed by atoms with Crippen molar-refractivity contribution in [2.45, 2.75) is 12.8 Å². The van der Waals surface area contributed by atoms with E-state index < -0.39 is 0 Å². The van der Waals surface area contributed by atoms with Gasteiger partial charge in [-0.25, -0.2) is 0 Å². The van der Waals surface area contributed by atoms with Gasteiger partial charge in [0.2, 0.25) is 0 Å². The quantitative estimate of drug-likeness (QED) is 0.553. The maximum absolute atomic E-state index is 5.36. The molecule has 1 rings (SSSR count). The molecule has 0 aromatic heterocycles. The SMILES string of the molecule is NCCCCOC=Cc1ccccc1. The van der Waals surface area contributed by atoms with Crippen LogP contribution < -0.4 is 5.73 Å². The third-order valence-electron chi connectivity index (χ3n) is 1.87. The number of nitrogens with two attached hydrogens (primary N) is 1. The summed E-state index contributed by atoms with van der Waals surface area (Å²) in [4.78, 5) is 0. The molecule has 1 aromatic carbocycles. The predicted molar refractivity (Wildman–Crippen MR) is 59.7 cm³/mol. The van der Waals surface area contributed by atoms with Crippen LogP contribution in [0.2, 0.25) is 0 Å². The number of benzene rings is 1. The summed E-state index contributed by atoms with van der Waals surface area (Å²) in [6, 6.07) is 10.1. The van der Waals surface area contributed by atoms with Crippen LogP contribution in [0.4, 0.5) is 0 Å². The summed E-state index contributed by atoms with van der Waals surface area (Å²) in [7, 11) is 0. The van der Waals surface area contributed by atoms with E-state index in [-0.39, 0.29) is 0 Å². The Kier molecular flexibility index (Phi) is 5.52. The van der Waals surface area contributed by atoms with Gasteiger partial charge >= 0.3 is 0 Å². The highest BCUT2D eigenvalue weighted by atomic mass is 16.5. The van der Waals surface area contributed by atoms with Gasteiger partial charge in [0, 0.05) is 0 Å². The number of hydrogen-bond acceptors (Lipinski definition) is 2. The molecule has 0 radical (unpaired) electrons. The van der Waals surface area contributed by atoms with Crippen molar-refractivity contribution in [3.05, 3.63) is 42.2 Å². The van der Waals surface area contributed by atoms with Crippen LogP contribution >= 0.6 is 0 Å². The molecule has 0 amide bonds. The minimum atomic E-state index is 0.742. The third-order valence-corrected chi connectivity index (χ3v) is 1.87. The molecule has 0 fully saturated rings. The molecule has 0 unspecified atom stereocenters. The van der Waals surface area contributed by atoms with Gasteiger partial charge in [-0.05, 0) is 31.0 Å². The predicted octanol–water partition coefficient (Wildman–Crippen LogP) is 2.41. The zero-order valence-electron chi connectivity index (χ0n) is 8.36. The first kappa shape index (κ1) is 10.8. The maximum Gasteiger partial charge on any atom is 0.0873 e. The molecule has 14 heavy (non-hydrogen) atoms. The van der Waals surface area contributed by atoms with Crippen molar-refractivity contribution >= 4 is 6.08 Å². The number of rotatable bonds is 6. The smallest absolute Gasteiger partial charge is 0.0873 e. The fraction of sp³-hybridized carbons (Fsp3) is 0.333. The van der Waals surface area contributed by atoms with Crippen LogP contribution in [0.15, 0.2) is 36.6 Å². The van der Waals surface area contributed by atoms with Gasteiger partial charge in [-0.3, -0.25) is 0 Å². The van der Waals surface area contributed by atoms with Crippen LogP contribution in [-0.2, 0) is 4.74 Å². The molecule has 2 nitrogen and oxygen atoms in total. The van der Waals surface area contributed by atoms with Crippen LogP contribution in [0.3, 0.4) is 0 Å². The van der Waals surface area contributed by atoms with E-state index in [1.807, 2.05) is 36.4 Å². The molecular weight excluding hydrogens is 174 g/mol. The first-order chi connectivity index (χ1) is 6.93. The Morgan fingerprint density at radius 2 is 1.93 bits per heavy atom. The van der Waals surface area contributed by atoms with E-state index in [0.29, 0.717) is 0 Å². The topological polar surface area (TPSA) is 35.2 Å². The molecule has 0 aliphatic carbocycles. The van der Waals surface area contributed by atoms with Crippen molar-refractivity contribution in [3.63, 3.8) is 0 Å². The highest BCUT2D eigenvalue weighted by Gasteiger charge is 1.85. The van der Waals surface area contributed by atoms with Crippen molar-refractivity contribution < 1.29 is 4.74 Å². The van der Waals surface area contributed by atoms with Crippen LogP contribution in [-0.4, -0.2) is 13.2 Å². The lowest BCUT2D eigenvalue weighted by molar-refractivity contribution is 0.245. The minimum Gasteiger partial charge on any atom is -0.501 e. The van der Waals surface area contributed by atoms with Crippen LogP contribution in [0.25, 0.3) is 6.08 Å². The molecule has 0 aliphatic rings. The normalized spacial score (nSPS) is 10.6. The van der Waals surface area contributed by atoms with Crippen molar-refractivity contribution in [1.82, 2.24) is 0 Å². The first-order valence-electron chi connectivity index (χ1n) is 4.97. The van der Waals surface area contributed by atoms with E-state index >= 15 is 0 Å². The van der Waals surface area contributed by atoms with Crippen molar-refractivity contribution in [2.24, 2.45) is 5.73 Å². The summed E-state index contributed by atoms with van der Waals surface area (Å²) in [5.41, 5.74) is 6.52. The highest BCUT2D eigenvalue weighted by molar-refractivity contribution is 5.47. The third kappa shape index (κ3) is 4.67. The van der Waals surface area contributed by atoms with Gasteiger partial charge in [0.05, 0.1) is 12.9 Å². The summed E-state index contributed by atoms with van der Waals surface area (Å²) in [6.45, 7) is 1.49.